The van der Waals surface area contributed by atoms with Crippen LogP contribution in [0.5, 0.6) is 0 Å². The largest absolute Gasteiger partial charge is 0.368 e. The van der Waals surface area contributed by atoms with E-state index in [0.717, 1.165) is 55.7 Å². The van der Waals surface area contributed by atoms with E-state index in [1.54, 1.807) is 0 Å². The molecule has 1 aliphatic rings. The molecule has 0 aromatic heterocycles. The molecule has 3 rings (SSSR count). The molecule has 0 atom stereocenters. The van der Waals surface area contributed by atoms with Crippen molar-refractivity contribution in [2.75, 3.05) is 42.9 Å². The lowest BCUT2D eigenvalue weighted by atomic mass is 10.1. The Morgan fingerprint density at radius 1 is 0.946 bits per heavy atom. The second-order valence-electron chi connectivity index (χ2n) is 9.29. The maximum absolute atomic E-state index is 12.5. The molecule has 0 spiro atoms. The number of nitrogens with one attached hydrogen (secondary N) is 2. The highest BCUT2D eigenvalue weighted by Crippen LogP contribution is 2.20. The number of urea groups is 1. The first-order valence-electron chi connectivity index (χ1n) is 13.3. The zero-order valence-electron chi connectivity index (χ0n) is 22.0. The molecular weight excluding hydrogens is 460 g/mol. The van der Waals surface area contributed by atoms with Crippen LogP contribution in [0, 0.1) is 0 Å². The number of piperazine rings is 1. The predicted molar refractivity (Wildman–Crippen MR) is 154 cm³/mol. The molecule has 1 aliphatic heterocycles. The topological polar surface area (TPSA) is 64.7 Å². The van der Waals surface area contributed by atoms with Gasteiger partial charge in [-0.15, -0.1) is 0 Å². The first-order chi connectivity index (χ1) is 18.0. The van der Waals surface area contributed by atoms with Crippen molar-refractivity contribution < 1.29 is 9.59 Å². The minimum Gasteiger partial charge on any atom is -0.368 e. The molecule has 1 fully saturated rings. The van der Waals surface area contributed by atoms with E-state index in [-0.39, 0.29) is 11.9 Å². The Bertz CT molecular complexity index is 1050. The van der Waals surface area contributed by atoms with E-state index >= 15 is 0 Å². The highest BCUT2D eigenvalue weighted by atomic mass is 16.2. The predicted octanol–water partition coefficient (Wildman–Crippen LogP) is 5.95. The fourth-order valence-electron chi connectivity index (χ4n) is 4.25. The number of amides is 3. The van der Waals surface area contributed by atoms with Gasteiger partial charge in [-0.05, 0) is 49.1 Å². The van der Waals surface area contributed by atoms with Gasteiger partial charge in [0.1, 0.15) is 0 Å². The number of hydrogen-bond acceptors (Lipinski definition) is 3. The van der Waals surface area contributed by atoms with Gasteiger partial charge in [-0.25, -0.2) is 4.79 Å². The second-order valence-corrected chi connectivity index (χ2v) is 9.29. The summed E-state index contributed by atoms with van der Waals surface area (Å²) in [7, 11) is 0. The monoisotopic (exact) mass is 500 g/mol. The number of carbonyl (C=O) groups is 2. The van der Waals surface area contributed by atoms with Crippen molar-refractivity contribution in [3.05, 3.63) is 96.6 Å². The van der Waals surface area contributed by atoms with Crippen molar-refractivity contribution in [1.82, 2.24) is 10.2 Å². The van der Waals surface area contributed by atoms with Crippen LogP contribution in [0.2, 0.25) is 0 Å². The molecule has 0 saturated carbocycles. The van der Waals surface area contributed by atoms with Crippen molar-refractivity contribution in [2.45, 2.75) is 39.0 Å². The quantitative estimate of drug-likeness (QED) is 0.354. The van der Waals surface area contributed by atoms with E-state index in [2.05, 4.69) is 41.2 Å². The SMILES string of the molecule is C=C(/C=C\C=C/CNC(=O)N1CCN(c2ccc(NC(=O)CCCc3ccccc3)cc2)CC1)CCC. The van der Waals surface area contributed by atoms with E-state index in [9.17, 15) is 9.59 Å². The molecule has 0 unspecified atom stereocenters. The Labute approximate surface area is 221 Å². The first-order valence-corrected chi connectivity index (χ1v) is 13.3. The van der Waals surface area contributed by atoms with E-state index in [1.165, 1.54) is 5.56 Å². The maximum Gasteiger partial charge on any atom is 0.317 e. The third kappa shape index (κ3) is 10.00. The van der Waals surface area contributed by atoms with E-state index in [0.29, 0.717) is 26.1 Å². The average molecular weight is 501 g/mol. The first kappa shape index (κ1) is 27.8. The summed E-state index contributed by atoms with van der Waals surface area (Å²) in [5.74, 6) is 0.0381. The minimum atomic E-state index is -0.0333. The highest BCUT2D eigenvalue weighted by molar-refractivity contribution is 5.90. The van der Waals surface area contributed by atoms with Gasteiger partial charge in [0.05, 0.1) is 0 Å². The molecule has 6 nitrogen and oxygen atoms in total. The summed E-state index contributed by atoms with van der Waals surface area (Å²) in [4.78, 5) is 28.9. The lowest BCUT2D eigenvalue weighted by Gasteiger charge is -2.36. The summed E-state index contributed by atoms with van der Waals surface area (Å²) in [6.45, 7) is 9.53. The molecule has 1 saturated heterocycles. The number of benzene rings is 2. The van der Waals surface area contributed by atoms with Crippen molar-refractivity contribution in [3.8, 4) is 0 Å². The average Bonchev–Trinajstić information content (AvgIpc) is 2.92. The molecule has 2 aromatic rings. The molecule has 0 aliphatic carbocycles. The fourth-order valence-corrected chi connectivity index (χ4v) is 4.25. The highest BCUT2D eigenvalue weighted by Gasteiger charge is 2.20. The molecular formula is C31H40N4O2. The van der Waals surface area contributed by atoms with Crippen LogP contribution in [0.4, 0.5) is 16.2 Å². The van der Waals surface area contributed by atoms with Gasteiger partial charge in [0.25, 0.3) is 0 Å². The van der Waals surface area contributed by atoms with Gasteiger partial charge in [0.2, 0.25) is 5.91 Å². The summed E-state index contributed by atoms with van der Waals surface area (Å²) in [6.07, 6.45) is 12.2. The number of aryl methyl sites for hydroxylation is 1. The van der Waals surface area contributed by atoms with Crippen molar-refractivity contribution in [3.63, 3.8) is 0 Å². The summed E-state index contributed by atoms with van der Waals surface area (Å²) in [6, 6.07) is 18.2. The molecule has 2 aromatic carbocycles. The van der Waals surface area contributed by atoms with Crippen molar-refractivity contribution in [2.24, 2.45) is 0 Å². The van der Waals surface area contributed by atoms with Crippen molar-refractivity contribution >= 4 is 23.3 Å². The summed E-state index contributed by atoms with van der Waals surface area (Å²) in [5, 5.41) is 5.95. The zero-order chi connectivity index (χ0) is 26.3. The number of allylic oxidation sites excluding steroid dienone is 4. The van der Waals surface area contributed by atoms with Crippen LogP contribution in [-0.2, 0) is 11.2 Å². The van der Waals surface area contributed by atoms with E-state index < -0.39 is 0 Å². The summed E-state index contributed by atoms with van der Waals surface area (Å²) >= 11 is 0. The molecule has 196 valence electrons. The van der Waals surface area contributed by atoms with Gasteiger partial charge in [0.15, 0.2) is 0 Å². The van der Waals surface area contributed by atoms with Gasteiger partial charge in [-0.1, -0.05) is 80.1 Å². The number of nitrogens with zero attached hydrogens (tertiary/aromatic N) is 2. The van der Waals surface area contributed by atoms with Crippen LogP contribution in [0.25, 0.3) is 0 Å². The Hall–Kier alpha value is -3.80. The smallest absolute Gasteiger partial charge is 0.317 e. The standard InChI is InChI=1S/C31H40N4O2/c1-3-11-26(2)12-6-5-9-21-32-31(37)35-24-22-34(23-25-35)29-19-17-28(18-20-29)33-30(36)16-10-15-27-13-7-4-8-14-27/h4-9,12-14,17-20H,2-3,10-11,15-16,21-25H2,1H3,(H,32,37)(H,33,36)/b9-5-,12-6-. The maximum atomic E-state index is 12.5. The Morgan fingerprint density at radius 2 is 1.68 bits per heavy atom. The summed E-state index contributed by atoms with van der Waals surface area (Å²) in [5.41, 5.74) is 4.28. The molecule has 2 N–H and O–H groups in total. The van der Waals surface area contributed by atoms with Gasteiger partial charge in [0, 0.05) is 50.5 Å². The van der Waals surface area contributed by atoms with E-state index in [1.807, 2.05) is 71.7 Å². The number of anilines is 2. The van der Waals surface area contributed by atoms with Gasteiger partial charge >= 0.3 is 6.03 Å². The third-order valence-corrected chi connectivity index (χ3v) is 6.32. The lowest BCUT2D eigenvalue weighted by Crippen LogP contribution is -2.51. The minimum absolute atomic E-state index is 0.0333. The number of hydrogen-bond donors (Lipinski definition) is 2. The molecule has 3 amide bonds. The molecule has 6 heteroatoms. The van der Waals surface area contributed by atoms with Crippen LogP contribution in [0.15, 0.2) is 91.1 Å². The van der Waals surface area contributed by atoms with Gasteiger partial charge in [-0.2, -0.15) is 0 Å². The Balaban J connectivity index is 1.34. The molecule has 0 radical (unpaired) electrons. The van der Waals surface area contributed by atoms with Crippen LogP contribution in [-0.4, -0.2) is 49.6 Å². The van der Waals surface area contributed by atoms with E-state index in [4.69, 9.17) is 0 Å². The number of rotatable bonds is 12. The second kappa shape index (κ2) is 15.3. The van der Waals surface area contributed by atoms with Gasteiger partial charge in [-0.3, -0.25) is 4.79 Å². The number of carbonyl (C=O) groups excluding carboxylic acids is 2. The normalized spacial score (nSPS) is 13.8. The Morgan fingerprint density at radius 3 is 2.38 bits per heavy atom. The van der Waals surface area contributed by atoms with Crippen LogP contribution >= 0.6 is 0 Å². The van der Waals surface area contributed by atoms with Crippen LogP contribution in [0.3, 0.4) is 0 Å². The molecule has 1 heterocycles. The fraction of sp³-hybridized carbons (Fsp3) is 0.355. The lowest BCUT2D eigenvalue weighted by molar-refractivity contribution is -0.116. The van der Waals surface area contributed by atoms with Crippen molar-refractivity contribution in [1.29, 1.82) is 0 Å². The van der Waals surface area contributed by atoms with Gasteiger partial charge < -0.3 is 20.4 Å². The zero-order valence-corrected chi connectivity index (χ0v) is 22.0. The molecule has 0 bridgehead atoms. The Kier molecular flexibility index (Phi) is 11.5. The summed E-state index contributed by atoms with van der Waals surface area (Å²) < 4.78 is 0. The van der Waals surface area contributed by atoms with Crippen LogP contribution in [0.1, 0.15) is 38.2 Å². The third-order valence-electron chi connectivity index (χ3n) is 6.32. The van der Waals surface area contributed by atoms with Crippen LogP contribution < -0.4 is 15.5 Å². The molecule has 37 heavy (non-hydrogen) atoms.